The summed E-state index contributed by atoms with van der Waals surface area (Å²) in [5.41, 5.74) is 13.1. The lowest BCUT2D eigenvalue weighted by atomic mass is 9.95. The maximum absolute atomic E-state index is 6.82. The highest BCUT2D eigenvalue weighted by molar-refractivity contribution is 6.22. The van der Waals surface area contributed by atoms with E-state index in [-0.39, 0.29) is 0 Å². The normalized spacial score (nSPS) is 11.6. The molecule has 0 N–H and O–H groups in total. The quantitative estimate of drug-likeness (QED) is 0.172. The van der Waals surface area contributed by atoms with E-state index in [4.69, 9.17) is 4.42 Å². The minimum absolute atomic E-state index is 0.855. The Kier molecular flexibility index (Phi) is 7.17. The van der Waals surface area contributed by atoms with Crippen molar-refractivity contribution in [3.63, 3.8) is 0 Å². The largest absolute Gasteiger partial charge is 0.456 e. The number of nitrogens with zero attached hydrogens (tertiary/aromatic N) is 2. The Morgan fingerprint density at radius 2 is 0.891 bits per heavy atom. The average Bonchev–Trinajstić information content (AvgIpc) is 3.80. The predicted molar refractivity (Wildman–Crippen MR) is 231 cm³/mol. The summed E-state index contributed by atoms with van der Waals surface area (Å²) in [5, 5.41) is 7.11. The third kappa shape index (κ3) is 5.13. The molecule has 3 heteroatoms. The van der Waals surface area contributed by atoms with E-state index in [2.05, 4.69) is 216 Å². The Morgan fingerprint density at radius 1 is 0.345 bits per heavy atom. The summed E-state index contributed by atoms with van der Waals surface area (Å²) in [6.45, 7) is 0. The van der Waals surface area contributed by atoms with Crippen molar-refractivity contribution in [2.24, 2.45) is 0 Å². The number of furan rings is 1. The first-order valence-electron chi connectivity index (χ1n) is 18.8. The van der Waals surface area contributed by atoms with Crippen LogP contribution in [0.15, 0.2) is 211 Å². The molecule has 0 spiro atoms. The number of para-hydroxylation sites is 2. The molecule has 0 unspecified atom stereocenters. The van der Waals surface area contributed by atoms with Gasteiger partial charge in [-0.2, -0.15) is 0 Å². The molecule has 0 saturated heterocycles. The molecule has 258 valence electrons. The van der Waals surface area contributed by atoms with Crippen LogP contribution in [0.4, 0.5) is 17.1 Å². The van der Waals surface area contributed by atoms with Gasteiger partial charge in [0.25, 0.3) is 0 Å². The summed E-state index contributed by atoms with van der Waals surface area (Å²) in [7, 11) is 0. The Labute approximate surface area is 318 Å². The molecule has 0 atom stereocenters. The number of hydrogen-bond acceptors (Lipinski definition) is 2. The van der Waals surface area contributed by atoms with Gasteiger partial charge in [0, 0.05) is 50.4 Å². The molecule has 0 saturated carbocycles. The van der Waals surface area contributed by atoms with E-state index >= 15 is 0 Å². The van der Waals surface area contributed by atoms with E-state index in [1.54, 1.807) is 0 Å². The Balaban J connectivity index is 1.13. The summed E-state index contributed by atoms with van der Waals surface area (Å²) in [4.78, 5) is 2.35. The first kappa shape index (κ1) is 31.2. The van der Waals surface area contributed by atoms with Crippen LogP contribution < -0.4 is 4.90 Å². The van der Waals surface area contributed by atoms with Crippen LogP contribution in [-0.4, -0.2) is 4.57 Å². The molecule has 0 amide bonds. The Morgan fingerprint density at radius 3 is 1.64 bits per heavy atom. The van der Waals surface area contributed by atoms with Gasteiger partial charge in [-0.25, -0.2) is 0 Å². The molecule has 11 aromatic rings. The molecule has 0 fully saturated rings. The van der Waals surface area contributed by atoms with Gasteiger partial charge in [-0.05, 0) is 93.7 Å². The molecule has 0 radical (unpaired) electrons. The van der Waals surface area contributed by atoms with Gasteiger partial charge in [0.05, 0.1) is 11.0 Å². The molecule has 9 aromatic carbocycles. The lowest BCUT2D eigenvalue weighted by Gasteiger charge is -2.26. The monoisotopic (exact) mass is 702 g/mol. The maximum atomic E-state index is 6.82. The van der Waals surface area contributed by atoms with Gasteiger partial charge in [-0.1, -0.05) is 140 Å². The van der Waals surface area contributed by atoms with Crippen LogP contribution >= 0.6 is 0 Å². The van der Waals surface area contributed by atoms with Gasteiger partial charge < -0.3 is 13.9 Å². The average molecular weight is 703 g/mol. The molecule has 0 bridgehead atoms. The summed E-state index contributed by atoms with van der Waals surface area (Å²) in [5.74, 6) is 0. The summed E-state index contributed by atoms with van der Waals surface area (Å²) >= 11 is 0. The van der Waals surface area contributed by atoms with E-state index in [1.165, 1.54) is 49.3 Å². The lowest BCUT2D eigenvalue weighted by molar-refractivity contribution is 0.669. The van der Waals surface area contributed by atoms with Crippen molar-refractivity contribution in [3.05, 3.63) is 206 Å². The van der Waals surface area contributed by atoms with Crippen LogP contribution in [0, 0.1) is 0 Å². The fourth-order valence-corrected chi connectivity index (χ4v) is 8.46. The van der Waals surface area contributed by atoms with E-state index in [1.807, 2.05) is 0 Å². The van der Waals surface area contributed by atoms with Crippen molar-refractivity contribution in [2.45, 2.75) is 0 Å². The van der Waals surface area contributed by atoms with E-state index in [9.17, 15) is 0 Å². The topological polar surface area (TPSA) is 21.3 Å². The molecule has 55 heavy (non-hydrogen) atoms. The first-order chi connectivity index (χ1) is 27.3. The van der Waals surface area contributed by atoms with Gasteiger partial charge in [0.2, 0.25) is 0 Å². The van der Waals surface area contributed by atoms with Crippen LogP contribution in [0.1, 0.15) is 0 Å². The van der Waals surface area contributed by atoms with Gasteiger partial charge in [0.1, 0.15) is 11.2 Å². The van der Waals surface area contributed by atoms with E-state index in [0.717, 1.165) is 50.2 Å². The Bertz CT molecular complexity index is 3180. The van der Waals surface area contributed by atoms with Crippen LogP contribution in [-0.2, 0) is 0 Å². The summed E-state index contributed by atoms with van der Waals surface area (Å²) in [6.07, 6.45) is 0. The second-order valence-electron chi connectivity index (χ2n) is 14.1. The zero-order valence-electron chi connectivity index (χ0n) is 29.9. The second-order valence-corrected chi connectivity index (χ2v) is 14.1. The SMILES string of the molecule is c1ccc(-c2ccc(N(c3ccc4c(c3)oc3cc(-c5ccccc5)c5ccccc5c34)c3ccc4c5ccccc5n(-c5ccccc5)c4c3)cc2)cc1. The van der Waals surface area contributed by atoms with Gasteiger partial charge >= 0.3 is 0 Å². The van der Waals surface area contributed by atoms with E-state index < -0.39 is 0 Å². The minimum Gasteiger partial charge on any atom is -0.456 e. The van der Waals surface area contributed by atoms with Crippen molar-refractivity contribution in [2.75, 3.05) is 4.90 Å². The fourth-order valence-electron chi connectivity index (χ4n) is 8.46. The number of hydrogen-bond donors (Lipinski definition) is 0. The molecule has 11 rings (SSSR count). The molecular weight excluding hydrogens is 669 g/mol. The summed E-state index contributed by atoms with van der Waals surface area (Å²) in [6, 6.07) is 73.8. The molecule has 2 aromatic heterocycles. The number of benzene rings is 9. The van der Waals surface area contributed by atoms with Crippen molar-refractivity contribution in [3.8, 4) is 27.9 Å². The molecule has 0 aliphatic heterocycles. The number of rotatable bonds is 6. The van der Waals surface area contributed by atoms with Crippen LogP contribution in [0.3, 0.4) is 0 Å². The van der Waals surface area contributed by atoms with Crippen molar-refractivity contribution in [1.29, 1.82) is 0 Å². The number of aromatic nitrogens is 1. The highest BCUT2D eigenvalue weighted by Gasteiger charge is 2.20. The lowest BCUT2D eigenvalue weighted by Crippen LogP contribution is -2.10. The van der Waals surface area contributed by atoms with Crippen LogP contribution in [0.2, 0.25) is 0 Å². The molecule has 0 aliphatic rings. The van der Waals surface area contributed by atoms with Crippen LogP contribution in [0.25, 0.3) is 82.5 Å². The number of anilines is 3. The van der Waals surface area contributed by atoms with Crippen LogP contribution in [0.5, 0.6) is 0 Å². The van der Waals surface area contributed by atoms with Crippen molar-refractivity contribution in [1.82, 2.24) is 4.57 Å². The third-order valence-corrected chi connectivity index (χ3v) is 11.0. The molecule has 3 nitrogen and oxygen atoms in total. The molecular formula is C52H34N2O. The first-order valence-corrected chi connectivity index (χ1v) is 18.8. The third-order valence-electron chi connectivity index (χ3n) is 11.0. The van der Waals surface area contributed by atoms with Gasteiger partial charge in [-0.3, -0.25) is 0 Å². The smallest absolute Gasteiger partial charge is 0.137 e. The fraction of sp³-hybridized carbons (Fsp3) is 0. The molecule has 0 aliphatic carbocycles. The minimum atomic E-state index is 0.855. The Hall–Kier alpha value is -7.36. The van der Waals surface area contributed by atoms with Gasteiger partial charge in [0.15, 0.2) is 0 Å². The predicted octanol–water partition coefficient (Wildman–Crippen LogP) is 14.6. The van der Waals surface area contributed by atoms with Crippen molar-refractivity contribution >= 4 is 71.6 Å². The molecule has 2 heterocycles. The van der Waals surface area contributed by atoms with E-state index in [0.29, 0.717) is 0 Å². The summed E-state index contributed by atoms with van der Waals surface area (Å²) < 4.78 is 9.20. The zero-order valence-corrected chi connectivity index (χ0v) is 29.9. The highest BCUT2D eigenvalue weighted by atomic mass is 16.3. The standard InChI is InChI=1S/C52H34N2O/c1-4-14-35(15-5-1)36-24-26-39(27-25-36)53(40-28-30-44-43-21-12-13-23-48(43)54(49(44)32-40)38-18-8-3-9-19-38)41-29-31-46-50(33-41)55-51-34-47(37-16-6-2-7-17-37)42-20-10-11-22-45(42)52(46)51/h1-34H. The van der Waals surface area contributed by atoms with Crippen molar-refractivity contribution < 1.29 is 4.42 Å². The van der Waals surface area contributed by atoms with Gasteiger partial charge in [-0.15, -0.1) is 0 Å². The highest BCUT2D eigenvalue weighted by Crippen LogP contribution is 2.44. The maximum Gasteiger partial charge on any atom is 0.137 e. The zero-order chi connectivity index (χ0) is 36.3. The number of fused-ring (bicyclic) bond motifs is 8. The second kappa shape index (κ2) is 12.6.